The van der Waals surface area contributed by atoms with Gasteiger partial charge in [0.05, 0.1) is 16.8 Å². The van der Waals surface area contributed by atoms with E-state index < -0.39 is 5.54 Å². The number of fused-ring (bicyclic) bond motifs is 3. The number of carbonyl (C=O) groups is 2. The Bertz CT molecular complexity index is 1420. The lowest BCUT2D eigenvalue weighted by Crippen LogP contribution is -2.64. The summed E-state index contributed by atoms with van der Waals surface area (Å²) in [6, 6.07) is 22.0. The fourth-order valence-corrected chi connectivity index (χ4v) is 7.08. The number of hydrogen-bond donors (Lipinski definition) is 1. The Morgan fingerprint density at radius 2 is 1.83 bits per heavy atom. The van der Waals surface area contributed by atoms with Crippen molar-refractivity contribution in [1.82, 2.24) is 14.8 Å². The van der Waals surface area contributed by atoms with E-state index in [4.69, 9.17) is 0 Å². The van der Waals surface area contributed by atoms with Crippen LogP contribution in [0.15, 0.2) is 76.6 Å². The third-order valence-electron chi connectivity index (χ3n) is 7.63. The number of nitrogens with one attached hydrogen (secondary N) is 1. The maximum absolute atomic E-state index is 14.5. The van der Waals surface area contributed by atoms with Crippen molar-refractivity contribution in [2.45, 2.75) is 56.8 Å². The van der Waals surface area contributed by atoms with Gasteiger partial charge in [-0.3, -0.25) is 9.59 Å². The van der Waals surface area contributed by atoms with Crippen molar-refractivity contribution in [1.29, 1.82) is 0 Å². The van der Waals surface area contributed by atoms with Crippen LogP contribution in [0.2, 0.25) is 0 Å². The van der Waals surface area contributed by atoms with E-state index in [0.717, 1.165) is 51.5 Å². The molecule has 2 aliphatic rings. The normalized spacial score (nSPS) is 20.5. The summed E-state index contributed by atoms with van der Waals surface area (Å²) in [7, 11) is 0. The van der Waals surface area contributed by atoms with Gasteiger partial charge in [0.15, 0.2) is 5.54 Å². The number of halogens is 1. The van der Waals surface area contributed by atoms with Crippen molar-refractivity contribution >= 4 is 49.3 Å². The highest BCUT2D eigenvalue weighted by molar-refractivity contribution is 9.10. The zero-order valence-corrected chi connectivity index (χ0v) is 22.4. The molecule has 1 aliphatic heterocycles. The lowest BCUT2D eigenvalue weighted by molar-refractivity contribution is -0.136. The van der Waals surface area contributed by atoms with E-state index >= 15 is 0 Å². The van der Waals surface area contributed by atoms with Crippen LogP contribution >= 0.6 is 27.3 Å². The second-order valence-electron chi connectivity index (χ2n) is 9.84. The highest BCUT2D eigenvalue weighted by atomic mass is 79.9. The van der Waals surface area contributed by atoms with Crippen LogP contribution in [0.4, 0.5) is 0 Å². The second kappa shape index (κ2) is 9.52. The maximum Gasteiger partial charge on any atom is 0.272 e. The number of amides is 2. The molecule has 2 amide bonds. The second-order valence-corrected chi connectivity index (χ2v) is 11.7. The van der Waals surface area contributed by atoms with Gasteiger partial charge >= 0.3 is 0 Å². The van der Waals surface area contributed by atoms with E-state index in [2.05, 4.69) is 31.9 Å². The lowest BCUT2D eigenvalue weighted by atomic mass is 9.83. The molecule has 1 saturated carbocycles. The van der Waals surface area contributed by atoms with Gasteiger partial charge in [0.1, 0.15) is 5.69 Å². The van der Waals surface area contributed by atoms with Crippen LogP contribution in [0.1, 0.15) is 53.7 Å². The molecule has 0 radical (unpaired) electrons. The number of thiophene rings is 1. The summed E-state index contributed by atoms with van der Waals surface area (Å²) in [5.41, 5.74) is 2.30. The van der Waals surface area contributed by atoms with Gasteiger partial charge < -0.3 is 14.8 Å². The van der Waals surface area contributed by atoms with Gasteiger partial charge in [0.2, 0.25) is 0 Å². The number of hydrogen-bond acceptors (Lipinski definition) is 3. The summed E-state index contributed by atoms with van der Waals surface area (Å²) >= 11 is 5.19. The molecule has 1 fully saturated rings. The van der Waals surface area contributed by atoms with Gasteiger partial charge in [-0.15, -0.1) is 11.3 Å². The van der Waals surface area contributed by atoms with E-state index in [-0.39, 0.29) is 17.9 Å². The molecule has 1 atom stereocenters. The summed E-state index contributed by atoms with van der Waals surface area (Å²) in [4.78, 5) is 30.6. The summed E-state index contributed by atoms with van der Waals surface area (Å²) in [5.74, 6) is -0.209. The third kappa shape index (κ3) is 3.98. The highest BCUT2D eigenvalue weighted by Crippen LogP contribution is 2.41. The molecular weight excluding hydrogens is 534 g/mol. The number of nitrogens with zero attached hydrogens (tertiary/aromatic N) is 2. The largest absolute Gasteiger partial charge is 0.351 e. The van der Waals surface area contributed by atoms with E-state index in [1.807, 2.05) is 66.0 Å². The zero-order valence-electron chi connectivity index (χ0n) is 20.0. The molecule has 3 heterocycles. The Balaban J connectivity index is 1.53. The Labute approximate surface area is 223 Å². The van der Waals surface area contributed by atoms with Gasteiger partial charge in [-0.2, -0.15) is 0 Å². The molecule has 5 nitrogen and oxygen atoms in total. The standard InChI is InChI=1S/C29H28BrN3O2S/c30-22-11-7-8-20(16-22)18-33-27(34)25-17-26-24(14-15-36-26)32(25)19-29(33,21-9-3-1-4-10-21)28(35)31-23-12-5-2-6-13-23/h1,3-4,7-11,14-17,23H,2,5-6,12-13,18-19H2,(H,31,35). The average Bonchev–Trinajstić information content (AvgIpc) is 3.49. The van der Waals surface area contributed by atoms with Gasteiger partial charge in [0.25, 0.3) is 11.8 Å². The molecule has 2 aromatic heterocycles. The molecule has 36 heavy (non-hydrogen) atoms. The number of benzene rings is 2. The van der Waals surface area contributed by atoms with E-state index in [0.29, 0.717) is 18.8 Å². The van der Waals surface area contributed by atoms with Crippen LogP contribution < -0.4 is 5.32 Å². The minimum atomic E-state index is -1.17. The van der Waals surface area contributed by atoms with Gasteiger partial charge in [0, 0.05) is 17.1 Å². The quantitative estimate of drug-likeness (QED) is 0.303. The molecule has 6 rings (SSSR count). The van der Waals surface area contributed by atoms with E-state index in [9.17, 15) is 9.59 Å². The highest BCUT2D eigenvalue weighted by Gasteiger charge is 2.53. The summed E-state index contributed by atoms with van der Waals surface area (Å²) in [5, 5.41) is 5.43. The lowest BCUT2D eigenvalue weighted by Gasteiger charge is -2.47. The predicted octanol–water partition coefficient (Wildman–Crippen LogP) is 6.47. The first-order chi connectivity index (χ1) is 17.6. The van der Waals surface area contributed by atoms with E-state index in [1.165, 1.54) is 6.42 Å². The molecule has 184 valence electrons. The molecule has 0 spiro atoms. The predicted molar refractivity (Wildman–Crippen MR) is 147 cm³/mol. The zero-order chi connectivity index (χ0) is 24.7. The first kappa shape index (κ1) is 23.5. The molecule has 1 aliphatic carbocycles. The first-order valence-corrected chi connectivity index (χ1v) is 14.2. The Morgan fingerprint density at radius 1 is 1.03 bits per heavy atom. The van der Waals surface area contributed by atoms with Crippen LogP contribution in [-0.4, -0.2) is 27.3 Å². The molecule has 0 saturated heterocycles. The Morgan fingerprint density at radius 3 is 2.61 bits per heavy atom. The van der Waals surface area contributed by atoms with Crippen LogP contribution in [0, 0.1) is 0 Å². The summed E-state index contributed by atoms with van der Waals surface area (Å²) < 4.78 is 4.07. The number of carbonyl (C=O) groups excluding carboxylic acids is 2. The molecule has 1 unspecified atom stereocenters. The molecule has 2 aromatic carbocycles. The molecule has 0 bridgehead atoms. The van der Waals surface area contributed by atoms with Crippen LogP contribution in [0.3, 0.4) is 0 Å². The molecule has 7 heteroatoms. The number of aromatic nitrogens is 1. The smallest absolute Gasteiger partial charge is 0.272 e. The van der Waals surface area contributed by atoms with Crippen molar-refractivity contribution in [3.8, 4) is 0 Å². The average molecular weight is 563 g/mol. The van der Waals surface area contributed by atoms with Gasteiger partial charge in [-0.05, 0) is 53.6 Å². The first-order valence-electron chi connectivity index (χ1n) is 12.6. The minimum Gasteiger partial charge on any atom is -0.351 e. The molecular formula is C29H28BrN3O2S. The van der Waals surface area contributed by atoms with Gasteiger partial charge in [-0.1, -0.05) is 77.7 Å². The van der Waals surface area contributed by atoms with Crippen LogP contribution in [0.25, 0.3) is 10.2 Å². The van der Waals surface area contributed by atoms with Crippen molar-refractivity contribution in [2.75, 3.05) is 0 Å². The fraction of sp³-hybridized carbons (Fsp3) is 0.310. The van der Waals surface area contributed by atoms with Crippen molar-refractivity contribution in [3.63, 3.8) is 0 Å². The summed E-state index contributed by atoms with van der Waals surface area (Å²) in [6.45, 7) is 0.717. The molecule has 4 aromatic rings. The monoisotopic (exact) mass is 561 g/mol. The fourth-order valence-electron chi connectivity index (χ4n) is 5.81. The minimum absolute atomic E-state index is 0.0910. The number of rotatable bonds is 5. The van der Waals surface area contributed by atoms with Crippen molar-refractivity contribution in [2.24, 2.45) is 0 Å². The topological polar surface area (TPSA) is 54.3 Å². The van der Waals surface area contributed by atoms with E-state index in [1.54, 1.807) is 16.2 Å². The van der Waals surface area contributed by atoms with Crippen LogP contribution in [-0.2, 0) is 23.4 Å². The van der Waals surface area contributed by atoms with Crippen molar-refractivity contribution < 1.29 is 9.59 Å². The maximum atomic E-state index is 14.5. The SMILES string of the molecule is O=C1c2cc3sccc3n2CC(C(=O)NC2CCCCC2)(c2ccccc2)N1Cc1cccc(Br)c1. The Kier molecular flexibility index (Phi) is 6.21. The third-order valence-corrected chi connectivity index (χ3v) is 8.98. The van der Waals surface area contributed by atoms with Crippen molar-refractivity contribution in [3.05, 3.63) is 93.4 Å². The summed E-state index contributed by atoms with van der Waals surface area (Å²) in [6.07, 6.45) is 5.44. The molecule has 1 N–H and O–H groups in total. The van der Waals surface area contributed by atoms with Gasteiger partial charge in [-0.25, -0.2) is 0 Å². The Hall–Kier alpha value is -2.90. The van der Waals surface area contributed by atoms with Crippen LogP contribution in [0.5, 0.6) is 0 Å².